The van der Waals surface area contributed by atoms with Gasteiger partial charge in [-0.2, -0.15) is 0 Å². The van der Waals surface area contributed by atoms with Crippen LogP contribution >= 0.6 is 0 Å². The summed E-state index contributed by atoms with van der Waals surface area (Å²) < 4.78 is 0. The van der Waals surface area contributed by atoms with E-state index in [2.05, 4.69) is 20.4 Å². The molecule has 0 amide bonds. The Morgan fingerprint density at radius 3 is 2.38 bits per heavy atom. The van der Waals surface area contributed by atoms with Gasteiger partial charge in [-0.15, -0.1) is 0 Å². The molecule has 1 aliphatic carbocycles. The van der Waals surface area contributed by atoms with Gasteiger partial charge in [0.2, 0.25) is 0 Å². The molecule has 1 rings (SSSR count). The van der Waals surface area contributed by atoms with E-state index < -0.39 is 0 Å². The lowest BCUT2D eigenvalue weighted by Crippen LogP contribution is -2.33. The van der Waals surface area contributed by atoms with E-state index in [1.165, 1.54) is 24.8 Å². The van der Waals surface area contributed by atoms with Crippen molar-refractivity contribution >= 4 is 0 Å². The van der Waals surface area contributed by atoms with Crippen molar-refractivity contribution < 1.29 is 5.11 Å². The first-order valence-corrected chi connectivity index (χ1v) is 5.41. The van der Waals surface area contributed by atoms with Gasteiger partial charge in [-0.05, 0) is 32.1 Å². The number of hydrogen-bond acceptors (Lipinski definition) is 1. The molecule has 0 aromatic heterocycles. The van der Waals surface area contributed by atoms with E-state index in [0.717, 1.165) is 19.3 Å². The molecule has 0 aromatic rings. The standard InChI is InChI=1S/C12H22O/c1-10(2)11(3)9-12(13)7-5-4-6-8-12/h11,13H,1,4-9H2,2-3H3. The van der Waals surface area contributed by atoms with Crippen molar-refractivity contribution in [2.75, 3.05) is 0 Å². The first kappa shape index (κ1) is 10.8. The summed E-state index contributed by atoms with van der Waals surface area (Å²) in [6.07, 6.45) is 6.57. The third-order valence-corrected chi connectivity index (χ3v) is 3.31. The highest BCUT2D eigenvalue weighted by molar-refractivity contribution is 4.98. The van der Waals surface area contributed by atoms with Gasteiger partial charge in [0.05, 0.1) is 5.60 Å². The van der Waals surface area contributed by atoms with Crippen LogP contribution in [0.25, 0.3) is 0 Å². The topological polar surface area (TPSA) is 20.2 Å². The van der Waals surface area contributed by atoms with Crippen molar-refractivity contribution in [2.24, 2.45) is 5.92 Å². The van der Waals surface area contributed by atoms with Crippen molar-refractivity contribution in [1.29, 1.82) is 0 Å². The molecule has 76 valence electrons. The Morgan fingerprint density at radius 1 is 1.38 bits per heavy atom. The molecule has 1 aliphatic rings. The van der Waals surface area contributed by atoms with Crippen LogP contribution in [0.15, 0.2) is 12.2 Å². The fourth-order valence-corrected chi connectivity index (χ4v) is 2.16. The van der Waals surface area contributed by atoms with Crippen molar-refractivity contribution in [3.63, 3.8) is 0 Å². The second kappa shape index (κ2) is 4.28. The highest BCUT2D eigenvalue weighted by Gasteiger charge is 2.30. The minimum atomic E-state index is -0.378. The van der Waals surface area contributed by atoms with Gasteiger partial charge in [0.1, 0.15) is 0 Å². The van der Waals surface area contributed by atoms with Gasteiger partial charge in [0.25, 0.3) is 0 Å². The summed E-state index contributed by atoms with van der Waals surface area (Å²) in [7, 11) is 0. The number of hydrogen-bond donors (Lipinski definition) is 1. The van der Waals surface area contributed by atoms with Crippen LogP contribution in [0.5, 0.6) is 0 Å². The van der Waals surface area contributed by atoms with E-state index in [9.17, 15) is 5.11 Å². The van der Waals surface area contributed by atoms with E-state index in [1.807, 2.05) is 0 Å². The first-order valence-electron chi connectivity index (χ1n) is 5.41. The molecule has 0 bridgehead atoms. The molecule has 1 nitrogen and oxygen atoms in total. The molecule has 1 fully saturated rings. The van der Waals surface area contributed by atoms with Gasteiger partial charge in [0.15, 0.2) is 0 Å². The van der Waals surface area contributed by atoms with Crippen molar-refractivity contribution in [2.45, 2.75) is 58.0 Å². The van der Waals surface area contributed by atoms with Crippen LogP contribution in [0.4, 0.5) is 0 Å². The second-order valence-corrected chi connectivity index (χ2v) is 4.74. The summed E-state index contributed by atoms with van der Waals surface area (Å²) in [6, 6.07) is 0. The van der Waals surface area contributed by atoms with Gasteiger partial charge in [-0.25, -0.2) is 0 Å². The van der Waals surface area contributed by atoms with E-state index in [4.69, 9.17) is 0 Å². The molecule has 0 aliphatic heterocycles. The maximum atomic E-state index is 10.2. The first-order chi connectivity index (χ1) is 6.03. The van der Waals surface area contributed by atoms with Crippen LogP contribution in [0.1, 0.15) is 52.4 Å². The van der Waals surface area contributed by atoms with Crippen molar-refractivity contribution in [1.82, 2.24) is 0 Å². The summed E-state index contributed by atoms with van der Waals surface area (Å²) in [5.41, 5.74) is 0.815. The summed E-state index contributed by atoms with van der Waals surface area (Å²) in [5, 5.41) is 10.2. The Kier molecular flexibility index (Phi) is 3.55. The summed E-state index contributed by atoms with van der Waals surface area (Å²) in [5.74, 6) is 0.461. The smallest absolute Gasteiger partial charge is 0.0653 e. The Bertz CT molecular complexity index is 178. The maximum Gasteiger partial charge on any atom is 0.0653 e. The van der Waals surface area contributed by atoms with Crippen LogP contribution in [0, 0.1) is 5.92 Å². The molecule has 0 saturated heterocycles. The maximum absolute atomic E-state index is 10.2. The van der Waals surface area contributed by atoms with E-state index in [0.29, 0.717) is 5.92 Å². The van der Waals surface area contributed by atoms with Crippen LogP contribution < -0.4 is 0 Å². The quantitative estimate of drug-likeness (QED) is 0.664. The Hall–Kier alpha value is -0.300. The Balaban J connectivity index is 2.45. The van der Waals surface area contributed by atoms with Crippen LogP contribution in [0.3, 0.4) is 0 Å². The van der Waals surface area contributed by atoms with Gasteiger partial charge in [-0.3, -0.25) is 0 Å². The number of rotatable bonds is 3. The van der Waals surface area contributed by atoms with Crippen molar-refractivity contribution in [3.05, 3.63) is 12.2 Å². The minimum Gasteiger partial charge on any atom is -0.390 e. The zero-order valence-electron chi connectivity index (χ0n) is 8.97. The third-order valence-electron chi connectivity index (χ3n) is 3.31. The van der Waals surface area contributed by atoms with E-state index in [-0.39, 0.29) is 5.60 Å². The normalized spacial score (nSPS) is 23.9. The second-order valence-electron chi connectivity index (χ2n) is 4.74. The van der Waals surface area contributed by atoms with Crippen molar-refractivity contribution in [3.8, 4) is 0 Å². The number of aliphatic hydroxyl groups is 1. The Morgan fingerprint density at radius 2 is 1.92 bits per heavy atom. The lowest BCUT2D eigenvalue weighted by atomic mass is 9.78. The Labute approximate surface area is 81.9 Å². The summed E-state index contributed by atoms with van der Waals surface area (Å²) >= 11 is 0. The molecular formula is C12H22O. The molecule has 0 heterocycles. The highest BCUT2D eigenvalue weighted by atomic mass is 16.3. The zero-order chi connectivity index (χ0) is 9.90. The lowest BCUT2D eigenvalue weighted by molar-refractivity contribution is -0.0122. The largest absolute Gasteiger partial charge is 0.390 e. The monoisotopic (exact) mass is 182 g/mol. The summed E-state index contributed by atoms with van der Waals surface area (Å²) in [6.45, 7) is 8.15. The van der Waals surface area contributed by atoms with E-state index >= 15 is 0 Å². The lowest BCUT2D eigenvalue weighted by Gasteiger charge is -2.34. The number of allylic oxidation sites excluding steroid dienone is 1. The van der Waals surface area contributed by atoms with Gasteiger partial charge < -0.3 is 5.11 Å². The predicted molar refractivity (Wildman–Crippen MR) is 56.6 cm³/mol. The molecule has 1 heteroatoms. The molecule has 1 unspecified atom stereocenters. The average Bonchev–Trinajstić information content (AvgIpc) is 2.04. The van der Waals surface area contributed by atoms with Crippen LogP contribution in [-0.4, -0.2) is 10.7 Å². The van der Waals surface area contributed by atoms with E-state index in [1.54, 1.807) is 0 Å². The van der Waals surface area contributed by atoms with Gasteiger partial charge in [0, 0.05) is 0 Å². The average molecular weight is 182 g/mol. The molecular weight excluding hydrogens is 160 g/mol. The fourth-order valence-electron chi connectivity index (χ4n) is 2.16. The SMILES string of the molecule is C=C(C)C(C)CC1(O)CCCCC1. The molecule has 13 heavy (non-hydrogen) atoms. The molecule has 1 saturated carbocycles. The summed E-state index contributed by atoms with van der Waals surface area (Å²) in [4.78, 5) is 0. The molecule has 1 N–H and O–H groups in total. The zero-order valence-corrected chi connectivity index (χ0v) is 8.97. The van der Waals surface area contributed by atoms with Crippen LogP contribution in [0.2, 0.25) is 0 Å². The molecule has 0 aromatic carbocycles. The predicted octanol–water partition coefficient (Wildman–Crippen LogP) is 3.28. The fraction of sp³-hybridized carbons (Fsp3) is 0.833. The van der Waals surface area contributed by atoms with Gasteiger partial charge >= 0.3 is 0 Å². The molecule has 0 radical (unpaired) electrons. The molecule has 0 spiro atoms. The van der Waals surface area contributed by atoms with Gasteiger partial charge in [-0.1, -0.05) is 38.3 Å². The minimum absolute atomic E-state index is 0.378. The highest BCUT2D eigenvalue weighted by Crippen LogP contribution is 2.34. The third kappa shape index (κ3) is 3.15. The molecule has 1 atom stereocenters. The van der Waals surface area contributed by atoms with Crippen LogP contribution in [-0.2, 0) is 0 Å².